The Morgan fingerprint density at radius 3 is 2.88 bits per heavy atom. The van der Waals surface area contributed by atoms with Crippen LogP contribution in [0.2, 0.25) is 0 Å². The van der Waals surface area contributed by atoms with Crippen LogP contribution in [0.4, 0.5) is 4.79 Å². The maximum absolute atomic E-state index is 12.4. The number of hydrogen-bond acceptors (Lipinski definition) is 4. The van der Waals surface area contributed by atoms with Crippen LogP contribution in [0.3, 0.4) is 0 Å². The van der Waals surface area contributed by atoms with Crippen LogP contribution in [0.5, 0.6) is 5.75 Å². The second-order valence-electron chi connectivity index (χ2n) is 6.17. The average Bonchev–Trinajstić information content (AvgIpc) is 3.29. The Balaban J connectivity index is 1.41. The molecule has 0 spiro atoms. The number of benzene rings is 1. The van der Waals surface area contributed by atoms with E-state index < -0.39 is 0 Å². The van der Waals surface area contributed by atoms with Gasteiger partial charge in [-0.2, -0.15) is 5.26 Å². The highest BCUT2D eigenvalue weighted by Gasteiger charge is 2.36. The van der Waals surface area contributed by atoms with Gasteiger partial charge in [-0.25, -0.2) is 4.79 Å². The molecule has 6 nitrogen and oxygen atoms in total. The molecule has 2 heterocycles. The van der Waals surface area contributed by atoms with Gasteiger partial charge in [-0.15, -0.1) is 0 Å². The summed E-state index contributed by atoms with van der Waals surface area (Å²) in [6.07, 6.45) is 4.42. The number of nitrogens with one attached hydrogen (secondary N) is 1. The molecule has 0 aliphatic carbocycles. The van der Waals surface area contributed by atoms with E-state index in [0.717, 1.165) is 38.8 Å². The van der Waals surface area contributed by atoms with Gasteiger partial charge in [-0.3, -0.25) is 0 Å². The number of ether oxygens (including phenoxy) is 2. The topological polar surface area (TPSA) is 74.6 Å². The number of likely N-dealkylation sites (tertiary alicyclic amines) is 1. The summed E-state index contributed by atoms with van der Waals surface area (Å²) >= 11 is 0. The van der Waals surface area contributed by atoms with E-state index in [1.165, 1.54) is 0 Å². The van der Waals surface area contributed by atoms with E-state index in [1.807, 2.05) is 4.90 Å². The van der Waals surface area contributed by atoms with E-state index in [-0.39, 0.29) is 18.2 Å². The Kier molecular flexibility index (Phi) is 5.55. The van der Waals surface area contributed by atoms with E-state index in [1.54, 1.807) is 24.3 Å². The van der Waals surface area contributed by atoms with Gasteiger partial charge in [0, 0.05) is 13.2 Å². The van der Waals surface area contributed by atoms with Crippen molar-refractivity contribution in [1.29, 1.82) is 5.26 Å². The molecule has 0 saturated carbocycles. The maximum atomic E-state index is 12.4. The quantitative estimate of drug-likeness (QED) is 0.841. The molecule has 1 aromatic carbocycles. The first-order valence-electron chi connectivity index (χ1n) is 8.57. The minimum Gasteiger partial charge on any atom is -0.492 e. The van der Waals surface area contributed by atoms with Crippen LogP contribution in [-0.2, 0) is 4.74 Å². The number of carbonyl (C=O) groups is 1. The van der Waals surface area contributed by atoms with Crippen molar-refractivity contribution in [1.82, 2.24) is 10.2 Å². The van der Waals surface area contributed by atoms with Crippen molar-refractivity contribution in [2.24, 2.45) is 0 Å². The van der Waals surface area contributed by atoms with E-state index in [0.29, 0.717) is 24.5 Å². The van der Waals surface area contributed by atoms with E-state index in [4.69, 9.17) is 14.7 Å². The highest BCUT2D eigenvalue weighted by Crippen LogP contribution is 2.27. The molecule has 2 aliphatic heterocycles. The Morgan fingerprint density at radius 2 is 2.17 bits per heavy atom. The summed E-state index contributed by atoms with van der Waals surface area (Å²) in [6, 6.07) is 9.19. The van der Waals surface area contributed by atoms with Crippen molar-refractivity contribution in [3.05, 3.63) is 29.8 Å². The number of hydrogen-bond donors (Lipinski definition) is 1. The summed E-state index contributed by atoms with van der Waals surface area (Å²) in [5.74, 6) is 0.696. The minimum atomic E-state index is -0.0311. The van der Waals surface area contributed by atoms with Crippen molar-refractivity contribution < 1.29 is 14.3 Å². The van der Waals surface area contributed by atoms with Crippen LogP contribution >= 0.6 is 0 Å². The standard InChI is InChI=1S/C18H23N3O3/c19-13-14-5-7-15(8-6-14)23-12-9-20-18(22)21-10-1-3-16(21)17-4-2-11-24-17/h5-8,16-17H,1-4,9-12H2,(H,20,22)/t16-,17-/m0/s1. The smallest absolute Gasteiger partial charge is 0.317 e. The molecule has 2 amide bonds. The zero-order valence-electron chi connectivity index (χ0n) is 13.7. The van der Waals surface area contributed by atoms with Gasteiger partial charge in [0.25, 0.3) is 0 Å². The first-order valence-corrected chi connectivity index (χ1v) is 8.57. The van der Waals surface area contributed by atoms with Gasteiger partial charge >= 0.3 is 6.03 Å². The maximum Gasteiger partial charge on any atom is 0.317 e. The lowest BCUT2D eigenvalue weighted by molar-refractivity contribution is 0.0520. The zero-order valence-corrected chi connectivity index (χ0v) is 13.7. The second-order valence-corrected chi connectivity index (χ2v) is 6.17. The monoisotopic (exact) mass is 329 g/mol. The summed E-state index contributed by atoms with van der Waals surface area (Å²) in [5.41, 5.74) is 0.602. The highest BCUT2D eigenvalue weighted by molar-refractivity contribution is 5.74. The summed E-state index contributed by atoms with van der Waals surface area (Å²) in [5, 5.41) is 11.7. The molecular weight excluding hydrogens is 306 g/mol. The Morgan fingerprint density at radius 1 is 1.33 bits per heavy atom. The molecule has 2 fully saturated rings. The molecule has 6 heteroatoms. The van der Waals surface area contributed by atoms with Crippen LogP contribution in [0.1, 0.15) is 31.2 Å². The average molecular weight is 329 g/mol. The summed E-state index contributed by atoms with van der Waals surface area (Å²) in [6.45, 7) is 2.46. The SMILES string of the molecule is N#Cc1ccc(OCCNC(=O)N2CCC[C@H]2[C@@H]2CCCO2)cc1. The van der Waals surface area contributed by atoms with E-state index in [2.05, 4.69) is 11.4 Å². The second kappa shape index (κ2) is 8.02. The molecule has 0 radical (unpaired) electrons. The lowest BCUT2D eigenvalue weighted by Gasteiger charge is -2.29. The van der Waals surface area contributed by atoms with Crippen LogP contribution in [-0.4, -0.2) is 49.4 Å². The third kappa shape index (κ3) is 3.98. The number of nitriles is 1. The van der Waals surface area contributed by atoms with Gasteiger partial charge in [0.2, 0.25) is 0 Å². The third-order valence-corrected chi connectivity index (χ3v) is 4.58. The van der Waals surface area contributed by atoms with Crippen molar-refractivity contribution >= 4 is 6.03 Å². The normalized spacial score (nSPS) is 23.0. The molecule has 2 saturated heterocycles. The molecule has 0 unspecified atom stereocenters. The van der Waals surface area contributed by atoms with Crippen molar-refractivity contribution in [2.75, 3.05) is 26.3 Å². The molecule has 1 aromatic rings. The number of amides is 2. The first kappa shape index (κ1) is 16.6. The molecule has 0 bridgehead atoms. The van der Waals surface area contributed by atoms with Crippen LogP contribution in [0.25, 0.3) is 0 Å². The molecule has 128 valence electrons. The molecule has 2 atom stereocenters. The lowest BCUT2D eigenvalue weighted by Crippen LogP contribution is -2.48. The van der Waals surface area contributed by atoms with Crippen LogP contribution < -0.4 is 10.1 Å². The highest BCUT2D eigenvalue weighted by atomic mass is 16.5. The van der Waals surface area contributed by atoms with Gasteiger partial charge in [-0.05, 0) is 49.9 Å². The molecule has 2 aliphatic rings. The number of nitrogens with zero attached hydrogens (tertiary/aromatic N) is 2. The molecular formula is C18H23N3O3. The molecule has 1 N–H and O–H groups in total. The predicted octanol–water partition coefficient (Wildman–Crippen LogP) is 2.29. The summed E-state index contributed by atoms with van der Waals surface area (Å²) in [7, 11) is 0. The van der Waals surface area contributed by atoms with Gasteiger partial charge in [-0.1, -0.05) is 0 Å². The fraction of sp³-hybridized carbons (Fsp3) is 0.556. The summed E-state index contributed by atoms with van der Waals surface area (Å²) in [4.78, 5) is 14.3. The van der Waals surface area contributed by atoms with Gasteiger partial charge in [0.15, 0.2) is 0 Å². The van der Waals surface area contributed by atoms with Crippen LogP contribution in [0.15, 0.2) is 24.3 Å². The van der Waals surface area contributed by atoms with Gasteiger partial charge in [0.05, 0.1) is 30.3 Å². The van der Waals surface area contributed by atoms with Crippen molar-refractivity contribution in [3.8, 4) is 11.8 Å². The third-order valence-electron chi connectivity index (χ3n) is 4.58. The van der Waals surface area contributed by atoms with Crippen molar-refractivity contribution in [2.45, 2.75) is 37.8 Å². The Bertz CT molecular complexity index is 591. The lowest BCUT2D eigenvalue weighted by atomic mass is 10.1. The Labute approximate surface area is 142 Å². The molecule has 3 rings (SSSR count). The number of carbonyl (C=O) groups excluding carboxylic acids is 1. The minimum absolute atomic E-state index is 0.0311. The van der Waals surface area contributed by atoms with Crippen LogP contribution in [0, 0.1) is 11.3 Å². The van der Waals surface area contributed by atoms with E-state index >= 15 is 0 Å². The number of rotatable bonds is 5. The fourth-order valence-electron chi connectivity index (χ4n) is 3.39. The van der Waals surface area contributed by atoms with Gasteiger partial charge < -0.3 is 19.7 Å². The van der Waals surface area contributed by atoms with Gasteiger partial charge in [0.1, 0.15) is 12.4 Å². The molecule has 24 heavy (non-hydrogen) atoms. The fourth-order valence-corrected chi connectivity index (χ4v) is 3.39. The zero-order chi connectivity index (χ0) is 16.8. The number of urea groups is 1. The molecule has 0 aromatic heterocycles. The van der Waals surface area contributed by atoms with Crippen molar-refractivity contribution in [3.63, 3.8) is 0 Å². The Hall–Kier alpha value is -2.26. The largest absolute Gasteiger partial charge is 0.492 e. The van der Waals surface area contributed by atoms with E-state index in [9.17, 15) is 4.79 Å². The summed E-state index contributed by atoms with van der Waals surface area (Å²) < 4.78 is 11.3. The predicted molar refractivity (Wildman–Crippen MR) is 88.8 cm³/mol. The first-order chi connectivity index (χ1) is 11.8.